The summed E-state index contributed by atoms with van der Waals surface area (Å²) in [5.41, 5.74) is 1.01. The third-order valence-electron chi connectivity index (χ3n) is 4.40. The number of fused-ring (bicyclic) bond motifs is 2. The summed E-state index contributed by atoms with van der Waals surface area (Å²) in [7, 11) is 0. The zero-order valence-electron chi connectivity index (χ0n) is 11.8. The van der Waals surface area contributed by atoms with Gasteiger partial charge in [-0.2, -0.15) is 0 Å². The molecule has 1 aromatic carbocycles. The maximum atomic E-state index is 12.0. The van der Waals surface area contributed by atoms with Crippen LogP contribution in [0, 0.1) is 0 Å². The van der Waals surface area contributed by atoms with Crippen molar-refractivity contribution >= 4 is 22.6 Å². The van der Waals surface area contributed by atoms with Gasteiger partial charge < -0.3 is 10.2 Å². The number of pyridine rings is 1. The number of rotatable bonds is 1. The number of carbonyl (C=O) groups is 1. The van der Waals surface area contributed by atoms with Crippen molar-refractivity contribution in [2.75, 3.05) is 37.6 Å². The van der Waals surface area contributed by atoms with Gasteiger partial charge in [-0.3, -0.25) is 9.69 Å². The first-order valence-electron chi connectivity index (χ1n) is 7.44. The van der Waals surface area contributed by atoms with Gasteiger partial charge in [-0.25, -0.2) is 4.98 Å². The molecule has 21 heavy (non-hydrogen) atoms. The van der Waals surface area contributed by atoms with E-state index >= 15 is 0 Å². The third-order valence-corrected chi connectivity index (χ3v) is 4.40. The number of nitrogens with zero attached hydrogens (tertiary/aromatic N) is 3. The Bertz CT molecular complexity index is 687. The number of carbonyl (C=O) groups excluding carboxylic acids is 1. The number of piperazine rings is 2. The highest BCUT2D eigenvalue weighted by atomic mass is 16.2. The number of hydrogen-bond donors (Lipinski definition) is 1. The van der Waals surface area contributed by atoms with Gasteiger partial charge in [0.05, 0.1) is 5.52 Å². The molecular weight excluding hydrogens is 264 g/mol. The fourth-order valence-corrected chi connectivity index (χ4v) is 3.22. The molecule has 2 aromatic rings. The minimum atomic E-state index is -0.0410. The van der Waals surface area contributed by atoms with Gasteiger partial charge in [0, 0.05) is 38.1 Å². The average Bonchev–Trinajstić information content (AvgIpc) is 2.54. The molecule has 108 valence electrons. The van der Waals surface area contributed by atoms with Crippen LogP contribution in [0.25, 0.3) is 10.9 Å². The smallest absolute Gasteiger partial charge is 0.239 e. The van der Waals surface area contributed by atoms with E-state index in [1.807, 2.05) is 18.2 Å². The van der Waals surface area contributed by atoms with Gasteiger partial charge in [0.1, 0.15) is 11.9 Å². The average molecular weight is 282 g/mol. The second-order valence-corrected chi connectivity index (χ2v) is 5.65. The van der Waals surface area contributed by atoms with E-state index < -0.39 is 0 Å². The van der Waals surface area contributed by atoms with Crippen LogP contribution >= 0.6 is 0 Å². The zero-order valence-corrected chi connectivity index (χ0v) is 11.8. The quantitative estimate of drug-likeness (QED) is 0.842. The SMILES string of the molecule is O=C1NCCN2CCN(c3ccc4ccccc4n3)C[C@@H]12. The predicted octanol–water partition coefficient (Wildman–Crippen LogP) is 0.855. The summed E-state index contributed by atoms with van der Waals surface area (Å²) >= 11 is 0. The van der Waals surface area contributed by atoms with Crippen LogP contribution in [-0.4, -0.2) is 54.6 Å². The van der Waals surface area contributed by atoms with Crippen LogP contribution in [0.2, 0.25) is 0 Å². The molecule has 4 rings (SSSR count). The summed E-state index contributed by atoms with van der Waals surface area (Å²) in [5, 5.41) is 4.10. The minimum Gasteiger partial charge on any atom is -0.353 e. The van der Waals surface area contributed by atoms with Crippen LogP contribution in [0.1, 0.15) is 0 Å². The lowest BCUT2D eigenvalue weighted by molar-refractivity contribution is -0.129. The van der Waals surface area contributed by atoms with E-state index in [0.717, 1.165) is 49.4 Å². The van der Waals surface area contributed by atoms with Gasteiger partial charge in [0.25, 0.3) is 0 Å². The van der Waals surface area contributed by atoms with Crippen molar-refractivity contribution in [3.8, 4) is 0 Å². The molecule has 5 nitrogen and oxygen atoms in total. The Kier molecular flexibility index (Phi) is 3.00. The number of para-hydroxylation sites is 1. The van der Waals surface area contributed by atoms with E-state index in [-0.39, 0.29) is 11.9 Å². The Labute approximate surface area is 123 Å². The third kappa shape index (κ3) is 2.23. The maximum Gasteiger partial charge on any atom is 0.239 e. The lowest BCUT2D eigenvalue weighted by Gasteiger charge is -2.43. The minimum absolute atomic E-state index is 0.0410. The largest absolute Gasteiger partial charge is 0.353 e. The van der Waals surface area contributed by atoms with Gasteiger partial charge in [0.2, 0.25) is 5.91 Å². The molecule has 3 heterocycles. The van der Waals surface area contributed by atoms with Crippen LogP contribution in [0.4, 0.5) is 5.82 Å². The summed E-state index contributed by atoms with van der Waals surface area (Å²) in [4.78, 5) is 21.3. The Hall–Kier alpha value is -2.14. The highest BCUT2D eigenvalue weighted by molar-refractivity contribution is 5.84. The fraction of sp³-hybridized carbons (Fsp3) is 0.375. The monoisotopic (exact) mass is 282 g/mol. The number of nitrogens with one attached hydrogen (secondary N) is 1. The topological polar surface area (TPSA) is 48.5 Å². The molecule has 0 aliphatic carbocycles. The molecule has 1 N–H and O–H groups in total. The van der Waals surface area contributed by atoms with Gasteiger partial charge >= 0.3 is 0 Å². The summed E-state index contributed by atoms with van der Waals surface area (Å²) in [5.74, 6) is 1.11. The van der Waals surface area contributed by atoms with Crippen molar-refractivity contribution in [3.63, 3.8) is 0 Å². The van der Waals surface area contributed by atoms with Gasteiger partial charge in [-0.05, 0) is 18.2 Å². The van der Waals surface area contributed by atoms with Gasteiger partial charge in [0.15, 0.2) is 0 Å². The Morgan fingerprint density at radius 3 is 2.95 bits per heavy atom. The van der Waals surface area contributed by atoms with Crippen molar-refractivity contribution in [1.29, 1.82) is 0 Å². The van der Waals surface area contributed by atoms with Crippen molar-refractivity contribution in [3.05, 3.63) is 36.4 Å². The van der Waals surface area contributed by atoms with Crippen LogP contribution in [0.3, 0.4) is 0 Å². The lowest BCUT2D eigenvalue weighted by Crippen LogP contribution is -2.64. The van der Waals surface area contributed by atoms with E-state index in [1.165, 1.54) is 0 Å². The van der Waals surface area contributed by atoms with Crippen molar-refractivity contribution < 1.29 is 4.79 Å². The molecule has 1 atom stereocenters. The number of aromatic nitrogens is 1. The van der Waals surface area contributed by atoms with Crippen molar-refractivity contribution in [2.24, 2.45) is 0 Å². The number of benzene rings is 1. The van der Waals surface area contributed by atoms with E-state index in [2.05, 4.69) is 33.3 Å². The molecule has 2 saturated heterocycles. The predicted molar refractivity (Wildman–Crippen MR) is 82.3 cm³/mol. The van der Waals surface area contributed by atoms with Crippen LogP contribution < -0.4 is 10.2 Å². The normalized spacial score (nSPS) is 23.0. The first-order chi connectivity index (χ1) is 10.3. The lowest BCUT2D eigenvalue weighted by atomic mass is 10.1. The van der Waals surface area contributed by atoms with E-state index in [0.29, 0.717) is 0 Å². The van der Waals surface area contributed by atoms with Gasteiger partial charge in [-0.1, -0.05) is 18.2 Å². The molecule has 2 aliphatic heterocycles. The molecule has 2 aliphatic rings. The first kappa shape index (κ1) is 12.6. The van der Waals surface area contributed by atoms with E-state index in [9.17, 15) is 4.79 Å². The molecule has 0 radical (unpaired) electrons. The standard InChI is InChI=1S/C16H18N4O/c21-16-14-11-20(10-9-19(14)8-7-17-16)15-6-5-12-3-1-2-4-13(12)18-15/h1-6,14H,7-11H2,(H,17,21)/t14-/m0/s1. The zero-order chi connectivity index (χ0) is 14.2. The van der Waals surface area contributed by atoms with Crippen LogP contribution in [-0.2, 0) is 4.79 Å². The molecule has 0 unspecified atom stereocenters. The summed E-state index contributed by atoms with van der Waals surface area (Å²) < 4.78 is 0. The molecule has 1 amide bonds. The van der Waals surface area contributed by atoms with Crippen molar-refractivity contribution in [2.45, 2.75) is 6.04 Å². The number of amides is 1. The summed E-state index contributed by atoms with van der Waals surface area (Å²) in [6, 6.07) is 12.2. The maximum absolute atomic E-state index is 12.0. The van der Waals surface area contributed by atoms with Gasteiger partial charge in [-0.15, -0.1) is 0 Å². The number of anilines is 1. The molecule has 5 heteroatoms. The fourth-order valence-electron chi connectivity index (χ4n) is 3.22. The molecule has 1 aromatic heterocycles. The molecular formula is C16H18N4O. The van der Waals surface area contributed by atoms with Crippen LogP contribution in [0.5, 0.6) is 0 Å². The molecule has 0 saturated carbocycles. The van der Waals surface area contributed by atoms with E-state index in [1.54, 1.807) is 0 Å². The Morgan fingerprint density at radius 1 is 1.10 bits per heavy atom. The molecule has 2 fully saturated rings. The highest BCUT2D eigenvalue weighted by Gasteiger charge is 2.35. The van der Waals surface area contributed by atoms with E-state index in [4.69, 9.17) is 4.98 Å². The van der Waals surface area contributed by atoms with Crippen LogP contribution in [0.15, 0.2) is 36.4 Å². The summed E-state index contributed by atoms with van der Waals surface area (Å²) in [6.07, 6.45) is 0. The Balaban J connectivity index is 1.61. The second kappa shape index (κ2) is 5.00. The van der Waals surface area contributed by atoms with Crippen molar-refractivity contribution in [1.82, 2.24) is 15.2 Å². The Morgan fingerprint density at radius 2 is 2.00 bits per heavy atom. The second-order valence-electron chi connectivity index (χ2n) is 5.65. The summed E-state index contributed by atoms with van der Waals surface area (Å²) in [6.45, 7) is 4.29. The first-order valence-corrected chi connectivity index (χ1v) is 7.44. The highest BCUT2D eigenvalue weighted by Crippen LogP contribution is 2.21. The molecule has 0 bridgehead atoms. The number of hydrogen-bond acceptors (Lipinski definition) is 4. The molecule has 0 spiro atoms.